The van der Waals surface area contributed by atoms with Crippen molar-refractivity contribution in [1.29, 1.82) is 0 Å². The van der Waals surface area contributed by atoms with E-state index in [1.54, 1.807) is 167 Å². The van der Waals surface area contributed by atoms with Crippen LogP contribution >= 0.6 is 0 Å². The largest absolute Gasteiger partial charge is 1.00 e. The van der Waals surface area contributed by atoms with Crippen molar-refractivity contribution < 1.29 is 143 Å². The number of nitrogens with zero attached hydrogens (tertiary/aromatic N) is 3. The fourth-order valence-corrected chi connectivity index (χ4v) is 8.21. The van der Waals surface area contributed by atoms with E-state index in [2.05, 4.69) is 40.1 Å². The van der Waals surface area contributed by atoms with E-state index in [1.807, 2.05) is 103 Å². The van der Waals surface area contributed by atoms with Crippen LogP contribution in [0.5, 0.6) is 34.5 Å². The van der Waals surface area contributed by atoms with E-state index in [4.69, 9.17) is 82.2 Å². The van der Waals surface area contributed by atoms with Crippen LogP contribution in [0.3, 0.4) is 0 Å². The molecule has 6 aromatic carbocycles. The Kier molecular flexibility index (Phi) is 68.1. The molecule has 3 aromatic heterocycles. The van der Waals surface area contributed by atoms with Gasteiger partial charge in [0.25, 0.3) is 0 Å². The molecule has 0 saturated carbocycles. The van der Waals surface area contributed by atoms with Crippen LogP contribution in [-0.4, -0.2) is 208 Å². The number of nitrogens with one attached hydrogen (secondary N) is 2. The Morgan fingerprint density at radius 1 is 0.379 bits per heavy atom. The third kappa shape index (κ3) is 50.4. The summed E-state index contributed by atoms with van der Waals surface area (Å²) in [6.07, 6.45) is 0.675. The second kappa shape index (κ2) is 69.1. The van der Waals surface area contributed by atoms with Crippen molar-refractivity contribution in [2.75, 3.05) is 142 Å². The van der Waals surface area contributed by atoms with Crippen molar-refractivity contribution in [2.24, 2.45) is 5.73 Å². The quantitative estimate of drug-likeness (QED) is 0.0231. The molecule has 9 rings (SSSR count). The maximum atomic E-state index is 11.4. The third-order valence-electron chi connectivity index (χ3n) is 13.0. The molecule has 0 radical (unpaired) electrons. The minimum absolute atomic E-state index is 0. The molecule has 634 valence electrons. The second-order valence-corrected chi connectivity index (χ2v) is 21.5. The first-order valence-electron chi connectivity index (χ1n) is 33.3. The van der Waals surface area contributed by atoms with Crippen LogP contribution in [0.15, 0.2) is 177 Å². The van der Waals surface area contributed by atoms with Crippen molar-refractivity contribution in [3.05, 3.63) is 245 Å². The van der Waals surface area contributed by atoms with Gasteiger partial charge in [-0.2, -0.15) is 0 Å². The maximum Gasteiger partial charge on any atom is 1.00 e. The molecule has 2 amide bonds. The minimum Gasteiger partial charge on any atom is -0.870 e. The Balaban J connectivity index is -0.000000296. The number of aryl methyl sites for hydroxylation is 3. The summed E-state index contributed by atoms with van der Waals surface area (Å²) < 4.78 is 69.0. The van der Waals surface area contributed by atoms with Gasteiger partial charge in [0.15, 0.2) is 55.6 Å². The average molecular weight is 1630 g/mol. The molecule has 0 fully saturated rings. The zero-order valence-corrected chi connectivity index (χ0v) is 70.1. The summed E-state index contributed by atoms with van der Waals surface area (Å²) in [5, 5.41) is 49.0. The van der Waals surface area contributed by atoms with Gasteiger partial charge in [0.2, 0.25) is 11.8 Å². The van der Waals surface area contributed by atoms with Crippen molar-refractivity contribution in [3.8, 4) is 68.5 Å². The second-order valence-electron chi connectivity index (χ2n) is 21.5. The van der Waals surface area contributed by atoms with Gasteiger partial charge in [-0.3, -0.25) is 44.7 Å². The van der Waals surface area contributed by atoms with Gasteiger partial charge in [-0.1, -0.05) is 109 Å². The molecule has 3 heterocycles. The number of benzene rings is 6. The van der Waals surface area contributed by atoms with E-state index in [1.165, 1.54) is 35.5 Å². The molecule has 116 heavy (non-hydrogen) atoms. The molecule has 35 nitrogen and oxygen atoms in total. The molecular formula is C80H109LiN6O29. The van der Waals surface area contributed by atoms with Crippen LogP contribution in [0.4, 0.5) is 0 Å². The first-order chi connectivity index (χ1) is 54.1. The summed E-state index contributed by atoms with van der Waals surface area (Å²) in [7, 11) is 29.2. The maximum absolute atomic E-state index is 11.4. The number of amides is 2. The Bertz CT molecular complexity index is 4000. The van der Waals surface area contributed by atoms with Gasteiger partial charge in [0.05, 0.1) is 76.1 Å². The first-order valence-corrected chi connectivity index (χ1v) is 33.3. The molecule has 7 N–H and O–H groups in total. The SMILES string of the molecule is CN.CNC(=O)Cc1ccc(OC)c(OC)c1.CNC(=O)Cc1ccc(OC)c(OC)c1.COC.COC.COC.COC(=O)c1cc(-c2ccccc2)oc1C.COC(=O)c1cc(-c2ccccc2)oc1C.COc1ccc(CC(=O)O)cc1OC.C[N+](=O)[O-].C[N+](=O)[O-].C[N+](=O)[O-].Cc1oc(-c2ccccc2)cc1C(=O)O.[Li+].[OH-]. The smallest absolute Gasteiger partial charge is 0.870 e. The van der Waals surface area contributed by atoms with Crippen LogP contribution in [0.2, 0.25) is 0 Å². The fourth-order valence-electron chi connectivity index (χ4n) is 8.21. The van der Waals surface area contributed by atoms with Crippen LogP contribution in [0.25, 0.3) is 34.0 Å². The summed E-state index contributed by atoms with van der Waals surface area (Å²) in [5.74, 6) is 4.66. The molecule has 0 spiro atoms. The normalized spacial score (nSPS) is 8.90. The molecule has 36 heteroatoms. The topological polar surface area (TPSA) is 493 Å². The van der Waals surface area contributed by atoms with Gasteiger partial charge in [-0.25, -0.2) is 14.4 Å². The summed E-state index contributed by atoms with van der Waals surface area (Å²) >= 11 is 0. The number of hydrogen-bond acceptors (Lipinski definition) is 28. The summed E-state index contributed by atoms with van der Waals surface area (Å²) in [6, 6.07) is 49.6. The van der Waals surface area contributed by atoms with Gasteiger partial charge in [-0.15, -0.1) is 0 Å². The molecular weight excluding hydrogens is 1520 g/mol. The van der Waals surface area contributed by atoms with Gasteiger partial charge in [0, 0.05) is 88.2 Å². The molecule has 9 aromatic rings. The minimum atomic E-state index is -0.960. The zero-order chi connectivity index (χ0) is 87.8. The number of likely N-dealkylation sites (N-methyl/N-ethyl adjacent to an activating group) is 2. The van der Waals surface area contributed by atoms with E-state index < -0.39 is 26.7 Å². The number of methoxy groups -OCH3 is 11. The van der Waals surface area contributed by atoms with Gasteiger partial charge in [-0.05, 0) is 99.1 Å². The Morgan fingerprint density at radius 3 is 0.784 bits per heavy atom. The van der Waals surface area contributed by atoms with Crippen LogP contribution in [0.1, 0.15) is 65.0 Å². The predicted octanol–water partition coefficient (Wildman–Crippen LogP) is 9.22. The third-order valence-corrected chi connectivity index (χ3v) is 13.0. The van der Waals surface area contributed by atoms with E-state index >= 15 is 0 Å². The molecule has 0 unspecified atom stereocenters. The van der Waals surface area contributed by atoms with Gasteiger partial charge >= 0.3 is 42.7 Å². The van der Waals surface area contributed by atoms with Crippen molar-refractivity contribution in [1.82, 2.24) is 10.6 Å². The summed E-state index contributed by atoms with van der Waals surface area (Å²) in [6.45, 7) is 5.15. The molecule has 0 bridgehead atoms. The zero-order valence-electron chi connectivity index (χ0n) is 70.1. The number of esters is 2. The average Bonchev–Trinajstić information content (AvgIpc) is 1.67. The van der Waals surface area contributed by atoms with E-state index in [0.717, 1.165) is 49.0 Å². The number of aromatic carboxylic acids is 1. The van der Waals surface area contributed by atoms with E-state index in [9.17, 15) is 28.8 Å². The number of hydrogen-bond donors (Lipinski definition) is 5. The molecule has 0 aliphatic rings. The number of rotatable bonds is 18. The Labute approximate surface area is 687 Å². The van der Waals surface area contributed by atoms with Crippen LogP contribution in [0, 0.1) is 51.1 Å². The van der Waals surface area contributed by atoms with Gasteiger partial charge < -0.3 is 97.4 Å². The number of carboxylic acid groups (broad SMARTS) is 2. The molecule has 0 aliphatic carbocycles. The molecule has 0 aliphatic heterocycles. The van der Waals surface area contributed by atoms with Crippen LogP contribution < -0.4 is 63.6 Å². The first kappa shape index (κ1) is 114. The van der Waals surface area contributed by atoms with Crippen molar-refractivity contribution in [3.63, 3.8) is 0 Å². The van der Waals surface area contributed by atoms with E-state index in [-0.39, 0.29) is 60.1 Å². The standard InChI is InChI=1S/2C13H12O3.C12H10O3.2C11H15NO3.C10H12O4.3C2H6O.3CH3NO2.CH5N.Li.H2O/c2*1-9-11(13(14)15-2)8-12(16-9)10-6-4-3-5-7-10;1-8-10(12(13)14)7-11(15-8)9-5-3-2-4-6-9;2*1-12-11(13)7-8-4-5-9(14-2)10(6-8)15-3;1-13-8-4-3-7(6-10(11)12)5-9(8)14-2;3*1-3-2;3*1-2(3)4;1-2;;/h2*3-8H,1-2H3;2-7H,1H3,(H,13,14);2*4-6H,7H2,1-3H3,(H,12,13);3-5H,6H2,1-2H3,(H,11,12);3*1-2H3;3*1H3;2H2,1H3;;1H2/q;;;;;;;;;;;;;+1;/p-1. The number of carbonyl (C=O) groups excluding carboxylic acids is 4. The number of carbonyl (C=O) groups is 6. The predicted molar refractivity (Wildman–Crippen MR) is 431 cm³/mol. The Hall–Kier alpha value is -12.6. The summed E-state index contributed by atoms with van der Waals surface area (Å²) in [5.41, 5.74) is 10.9. The monoisotopic (exact) mass is 1620 g/mol. The molecule has 0 saturated heterocycles. The number of furan rings is 3. The number of carboxylic acids is 2. The van der Waals surface area contributed by atoms with Crippen molar-refractivity contribution >= 4 is 35.7 Å². The number of nitrogens with two attached hydrogens (primary N) is 1. The van der Waals surface area contributed by atoms with Crippen molar-refractivity contribution in [2.45, 2.75) is 40.0 Å². The van der Waals surface area contributed by atoms with E-state index in [0.29, 0.717) is 98.6 Å². The fraction of sp³-hybridized carbons (Fsp3) is 0.325. The molecule has 0 atom stereocenters. The number of nitro groups is 3. The van der Waals surface area contributed by atoms with Gasteiger partial charge in [0.1, 0.15) is 51.3 Å². The number of aliphatic carboxylic acids is 1. The number of ether oxygens (including phenoxy) is 11. The van der Waals surface area contributed by atoms with Crippen LogP contribution in [-0.2, 0) is 57.3 Å². The summed E-state index contributed by atoms with van der Waals surface area (Å²) in [4.78, 5) is 91.3. The Morgan fingerprint density at radius 2 is 0.595 bits per heavy atom.